The average molecular weight is 467 g/mol. The predicted molar refractivity (Wildman–Crippen MR) is 66.6 cm³/mol. The average Bonchev–Trinajstić information content (AvgIpc) is 2.68. The Hall–Kier alpha value is 1.83. The van der Waals surface area contributed by atoms with Crippen LogP contribution in [0.1, 0.15) is 20.3 Å². The van der Waals surface area contributed by atoms with Crippen molar-refractivity contribution in [1.82, 2.24) is 0 Å². The van der Waals surface area contributed by atoms with Crippen LogP contribution >= 0.6 is 7.60 Å². The van der Waals surface area contributed by atoms with Gasteiger partial charge in [0.25, 0.3) is 0 Å². The molecule has 0 spiro atoms. The third-order valence-electron chi connectivity index (χ3n) is 2.13. The monoisotopic (exact) mass is 469 g/mol. The van der Waals surface area contributed by atoms with Gasteiger partial charge in [0.15, 0.2) is 0 Å². The van der Waals surface area contributed by atoms with E-state index in [1.807, 2.05) is 0 Å². The second-order valence-corrected chi connectivity index (χ2v) is 12.5. The van der Waals surface area contributed by atoms with Gasteiger partial charge in [-0.25, -0.2) is 0 Å². The zero-order valence-electron chi connectivity index (χ0n) is 10.5. The third-order valence-corrected chi connectivity index (χ3v) is 10.3. The molecule has 101 valence electrons. The maximum absolute atomic E-state index is 12.1. The fourth-order valence-corrected chi connectivity index (χ4v) is 8.12. The molecule has 0 bridgehead atoms. The molecule has 0 N–H and O–H groups in total. The molecular weight excluding hydrogens is 451 g/mol. The van der Waals surface area contributed by atoms with Crippen LogP contribution in [0.25, 0.3) is 0 Å². The molecule has 6 nitrogen and oxygen atoms in total. The molecule has 1 fully saturated rings. The van der Waals surface area contributed by atoms with Crippen LogP contribution in [-0.2, 0) is 27.9 Å². The molecule has 0 saturated carbocycles. The Kier molecular flexibility index (Phi) is 8.91. The van der Waals surface area contributed by atoms with Gasteiger partial charge >= 0.3 is 142 Å². The van der Waals surface area contributed by atoms with E-state index in [0.29, 0.717) is 62.5 Å². The first-order chi connectivity index (χ1) is 8.54. The van der Waals surface area contributed by atoms with Gasteiger partial charge in [-0.05, 0) is 0 Å². The van der Waals surface area contributed by atoms with Gasteiger partial charge in [0.05, 0.1) is 0 Å². The summed E-state index contributed by atoms with van der Waals surface area (Å²) < 4.78 is 33.1. The van der Waals surface area contributed by atoms with Gasteiger partial charge in [0.2, 0.25) is 0 Å². The molecule has 1 aliphatic rings. The van der Waals surface area contributed by atoms with Gasteiger partial charge in [-0.3, -0.25) is 0 Å². The van der Waals surface area contributed by atoms with Gasteiger partial charge in [0.1, 0.15) is 0 Å². The summed E-state index contributed by atoms with van der Waals surface area (Å²) in [4.78, 5) is 11.5. The summed E-state index contributed by atoms with van der Waals surface area (Å²) in [7, 11) is -3.22. The number of hydrogen-bond donors (Lipinski definition) is 0. The Balaban J connectivity index is 2.44. The van der Waals surface area contributed by atoms with Crippen molar-refractivity contribution in [3.05, 3.63) is 0 Å². The number of carbonyl (C=O) groups is 1. The SMILES string of the molecule is CCOP(=O)(COC1CC(=O)C([Se][Ba])O1)OCC. The topological polar surface area (TPSA) is 71.1 Å². The number of carbonyl (C=O) groups excluding carboxylic acids is 1. The molecule has 9 heteroatoms. The Morgan fingerprint density at radius 2 is 2.06 bits per heavy atom. The zero-order chi connectivity index (χ0) is 13.6. The normalized spacial score (nSPS) is 24.6. The van der Waals surface area contributed by atoms with E-state index >= 15 is 0 Å². The zero-order valence-corrected chi connectivity index (χ0v) is 17.5. The molecular formula is C9H16BaO6PSe. The van der Waals surface area contributed by atoms with Crippen LogP contribution in [0.5, 0.6) is 0 Å². The second-order valence-electron chi connectivity index (χ2n) is 3.48. The van der Waals surface area contributed by atoms with Crippen molar-refractivity contribution in [2.45, 2.75) is 31.6 Å². The van der Waals surface area contributed by atoms with Gasteiger partial charge in [-0.1, -0.05) is 0 Å². The molecule has 1 heterocycles. The minimum atomic E-state index is -3.22. The van der Waals surface area contributed by atoms with Gasteiger partial charge in [0, 0.05) is 0 Å². The first-order valence-electron chi connectivity index (χ1n) is 5.63. The van der Waals surface area contributed by atoms with Gasteiger partial charge in [-0.15, -0.1) is 0 Å². The molecule has 18 heavy (non-hydrogen) atoms. The van der Waals surface area contributed by atoms with Crippen molar-refractivity contribution in [2.24, 2.45) is 0 Å². The molecule has 0 aromatic heterocycles. The minimum absolute atomic E-state index is 0.0950. The maximum atomic E-state index is 12.1. The summed E-state index contributed by atoms with van der Waals surface area (Å²) in [5.74, 6) is 0.0950. The predicted octanol–water partition coefficient (Wildman–Crippen LogP) is 0.656. The Bertz CT molecular complexity index is 318. The van der Waals surface area contributed by atoms with Crippen molar-refractivity contribution < 1.29 is 27.9 Å². The van der Waals surface area contributed by atoms with E-state index in [4.69, 9.17) is 18.5 Å². The molecule has 0 aliphatic carbocycles. The Labute approximate surface area is 140 Å². The number of hydrogen-bond acceptors (Lipinski definition) is 6. The summed E-state index contributed by atoms with van der Waals surface area (Å²) in [6.45, 7) is 4.06. The fourth-order valence-electron chi connectivity index (χ4n) is 1.43. The van der Waals surface area contributed by atoms with Crippen LogP contribution in [0.15, 0.2) is 0 Å². The number of ketones is 1. The van der Waals surface area contributed by atoms with Crippen LogP contribution in [0.4, 0.5) is 0 Å². The first kappa shape index (κ1) is 17.9. The van der Waals surface area contributed by atoms with Crippen molar-refractivity contribution in [3.8, 4) is 0 Å². The van der Waals surface area contributed by atoms with E-state index in [2.05, 4.69) is 0 Å². The molecule has 2 unspecified atom stereocenters. The molecule has 2 atom stereocenters. The van der Waals surface area contributed by atoms with E-state index in [-0.39, 0.29) is 23.6 Å². The summed E-state index contributed by atoms with van der Waals surface area (Å²) in [5, 5.41) is -0.260. The molecule has 0 aromatic rings. The van der Waals surface area contributed by atoms with Crippen molar-refractivity contribution in [1.29, 1.82) is 0 Å². The quantitative estimate of drug-likeness (QED) is 0.386. The van der Waals surface area contributed by atoms with E-state index < -0.39 is 13.9 Å². The van der Waals surface area contributed by atoms with E-state index in [0.717, 1.165) is 0 Å². The standard InChI is InChI=1S/C9H17O6PSe.Ba/c1-3-13-16(11,14-4-2)6-12-8-5-7(10)9(17)15-8;/h8-9,17H,3-6H2,1-2H3;/q;+1/p-1. The molecule has 1 aliphatic heterocycles. The van der Waals surface area contributed by atoms with Crippen LogP contribution < -0.4 is 0 Å². The van der Waals surface area contributed by atoms with E-state index in [1.54, 1.807) is 13.8 Å². The number of rotatable bonds is 8. The van der Waals surface area contributed by atoms with Crippen molar-refractivity contribution in [3.63, 3.8) is 0 Å². The Morgan fingerprint density at radius 1 is 1.44 bits per heavy atom. The number of ether oxygens (including phenoxy) is 2. The van der Waals surface area contributed by atoms with E-state index in [9.17, 15) is 9.36 Å². The molecule has 0 amide bonds. The fraction of sp³-hybridized carbons (Fsp3) is 0.889. The van der Waals surface area contributed by atoms with Crippen molar-refractivity contribution >= 4 is 62.6 Å². The first-order valence-corrected chi connectivity index (χ1v) is 19.0. The van der Waals surface area contributed by atoms with Crippen LogP contribution in [0.3, 0.4) is 0 Å². The van der Waals surface area contributed by atoms with Crippen LogP contribution in [0, 0.1) is 0 Å². The summed E-state index contributed by atoms with van der Waals surface area (Å²) in [6, 6.07) is 0. The van der Waals surface area contributed by atoms with Gasteiger partial charge in [-0.2, -0.15) is 0 Å². The van der Waals surface area contributed by atoms with Crippen LogP contribution in [0.2, 0.25) is 0 Å². The summed E-state index contributed by atoms with van der Waals surface area (Å²) in [5.41, 5.74) is 0. The van der Waals surface area contributed by atoms with Crippen molar-refractivity contribution in [2.75, 3.05) is 19.6 Å². The van der Waals surface area contributed by atoms with Gasteiger partial charge < -0.3 is 0 Å². The molecule has 1 rings (SSSR count). The number of Topliss-reactive ketones (excluding diaryl/α,β-unsaturated/α-hetero) is 1. The van der Waals surface area contributed by atoms with Crippen LogP contribution in [-0.4, -0.2) is 85.9 Å². The summed E-state index contributed by atoms with van der Waals surface area (Å²) >= 11 is 0.578. The molecule has 1 radical (unpaired) electrons. The second kappa shape index (κ2) is 8.97. The Morgan fingerprint density at radius 3 is 2.50 bits per heavy atom. The molecule has 1 saturated heterocycles. The molecule has 0 aromatic carbocycles. The third kappa shape index (κ3) is 5.68. The summed E-state index contributed by atoms with van der Waals surface area (Å²) in [6.07, 6.45) is -0.235. The van der Waals surface area contributed by atoms with E-state index in [1.165, 1.54) is 0 Å².